The molecular weight excluding hydrogens is 490 g/mol. The van der Waals surface area contributed by atoms with Crippen molar-refractivity contribution in [2.75, 3.05) is 13.3 Å². The second-order valence-electron chi connectivity index (χ2n) is 11.6. The van der Waals surface area contributed by atoms with Gasteiger partial charge in [-0.05, 0) is 79.8 Å². The Labute approximate surface area is 232 Å². The van der Waals surface area contributed by atoms with Gasteiger partial charge in [-0.1, -0.05) is 69.9 Å². The summed E-state index contributed by atoms with van der Waals surface area (Å²) in [5.74, 6) is 0.520. The fraction of sp³-hybridized carbons (Fsp3) is 0.576. The van der Waals surface area contributed by atoms with E-state index >= 15 is 0 Å². The summed E-state index contributed by atoms with van der Waals surface area (Å²) in [7, 11) is 0. The Morgan fingerprint density at radius 2 is 1.82 bits per heavy atom. The zero-order valence-electron chi connectivity index (χ0n) is 23.5. The van der Waals surface area contributed by atoms with Crippen molar-refractivity contribution in [3.8, 4) is 5.75 Å². The highest BCUT2D eigenvalue weighted by Crippen LogP contribution is 2.55. The Morgan fingerprint density at radius 3 is 2.59 bits per heavy atom. The lowest BCUT2D eigenvalue weighted by atomic mass is 9.52. The van der Waals surface area contributed by atoms with Crippen LogP contribution in [-0.2, 0) is 32.7 Å². The number of fused-ring (bicyclic) bond motifs is 1. The van der Waals surface area contributed by atoms with Crippen LogP contribution in [-0.4, -0.2) is 31.3 Å². The number of piperidine rings is 1. The predicted octanol–water partition coefficient (Wildman–Crippen LogP) is 6.49. The van der Waals surface area contributed by atoms with Gasteiger partial charge in [0.1, 0.15) is 12.4 Å². The van der Waals surface area contributed by atoms with E-state index in [9.17, 15) is 9.59 Å². The van der Waals surface area contributed by atoms with E-state index in [1.165, 1.54) is 24.8 Å². The van der Waals surface area contributed by atoms with Crippen LogP contribution in [0.1, 0.15) is 98.7 Å². The van der Waals surface area contributed by atoms with Crippen molar-refractivity contribution in [3.63, 3.8) is 0 Å². The number of rotatable bonds is 11. The zero-order valence-corrected chi connectivity index (χ0v) is 23.5. The fourth-order valence-corrected chi connectivity index (χ4v) is 7.42. The number of carbonyl (C=O) groups is 2. The topological polar surface area (TPSA) is 73.9 Å². The SMILES string of the molecule is CCCC(CCC)C(=O)OCOc1cc(C(=O)OCc2ccccc2)c2c(c1)[C@@]13CCCC[C@H]1[C@@H](C2)NCC3. The van der Waals surface area contributed by atoms with Gasteiger partial charge in [0.2, 0.25) is 6.79 Å². The van der Waals surface area contributed by atoms with E-state index in [1.54, 1.807) is 6.07 Å². The molecule has 0 aromatic heterocycles. The van der Waals surface area contributed by atoms with Crippen molar-refractivity contribution in [2.45, 2.75) is 96.1 Å². The lowest BCUT2D eigenvalue weighted by molar-refractivity contribution is -0.155. The summed E-state index contributed by atoms with van der Waals surface area (Å²) in [4.78, 5) is 26.2. The molecule has 6 nitrogen and oxygen atoms in total. The minimum atomic E-state index is -0.327. The first-order chi connectivity index (χ1) is 19.1. The maximum Gasteiger partial charge on any atom is 0.338 e. The molecule has 3 atom stereocenters. The van der Waals surface area contributed by atoms with Crippen LogP contribution < -0.4 is 10.1 Å². The van der Waals surface area contributed by atoms with Crippen LogP contribution in [0.25, 0.3) is 0 Å². The fourth-order valence-electron chi connectivity index (χ4n) is 7.42. The number of carbonyl (C=O) groups excluding carboxylic acids is 2. The molecule has 3 aliphatic rings. The molecule has 0 amide bonds. The molecule has 1 saturated carbocycles. The Hall–Kier alpha value is -2.86. The molecule has 39 heavy (non-hydrogen) atoms. The van der Waals surface area contributed by atoms with E-state index in [4.69, 9.17) is 14.2 Å². The lowest BCUT2D eigenvalue weighted by Gasteiger charge is -2.56. The molecule has 2 fully saturated rings. The molecule has 1 N–H and O–H groups in total. The van der Waals surface area contributed by atoms with Crippen LogP contribution in [0.5, 0.6) is 5.75 Å². The molecule has 0 radical (unpaired) electrons. The van der Waals surface area contributed by atoms with E-state index in [1.807, 2.05) is 30.3 Å². The monoisotopic (exact) mass is 533 g/mol. The van der Waals surface area contributed by atoms with Crippen LogP contribution in [0.4, 0.5) is 0 Å². The van der Waals surface area contributed by atoms with E-state index < -0.39 is 0 Å². The summed E-state index contributed by atoms with van der Waals surface area (Å²) in [6, 6.07) is 14.1. The Bertz CT molecular complexity index is 1140. The molecule has 1 saturated heterocycles. The van der Waals surface area contributed by atoms with E-state index in [2.05, 4.69) is 25.2 Å². The summed E-state index contributed by atoms with van der Waals surface area (Å²) in [6.07, 6.45) is 10.2. The second-order valence-corrected chi connectivity index (χ2v) is 11.6. The summed E-state index contributed by atoms with van der Waals surface area (Å²) in [5, 5.41) is 3.76. The van der Waals surface area contributed by atoms with Crippen LogP contribution >= 0.6 is 0 Å². The van der Waals surface area contributed by atoms with Crippen LogP contribution in [0, 0.1) is 11.8 Å². The van der Waals surface area contributed by atoms with Crippen molar-refractivity contribution in [1.29, 1.82) is 0 Å². The molecule has 5 rings (SSSR count). The largest absolute Gasteiger partial charge is 0.457 e. The van der Waals surface area contributed by atoms with E-state index in [-0.39, 0.29) is 36.7 Å². The second kappa shape index (κ2) is 12.5. The van der Waals surface area contributed by atoms with E-state index in [0.717, 1.165) is 62.6 Å². The Balaban J connectivity index is 1.41. The third kappa shape index (κ3) is 5.86. The summed E-state index contributed by atoms with van der Waals surface area (Å²) >= 11 is 0. The molecular formula is C33H43NO5. The Kier molecular flexibility index (Phi) is 8.91. The summed E-state index contributed by atoms with van der Waals surface area (Å²) in [6.45, 7) is 5.24. The highest BCUT2D eigenvalue weighted by molar-refractivity contribution is 5.92. The third-order valence-corrected chi connectivity index (χ3v) is 9.21. The third-order valence-electron chi connectivity index (χ3n) is 9.21. The molecule has 2 aromatic carbocycles. The van der Waals surface area contributed by atoms with Crippen LogP contribution in [0.15, 0.2) is 42.5 Å². The lowest BCUT2D eigenvalue weighted by Crippen LogP contribution is -2.59. The molecule has 210 valence electrons. The highest BCUT2D eigenvalue weighted by Gasteiger charge is 2.52. The molecule has 2 aliphatic carbocycles. The maximum absolute atomic E-state index is 13.6. The minimum absolute atomic E-state index is 0.0552. The molecule has 1 heterocycles. The maximum atomic E-state index is 13.6. The van der Waals surface area contributed by atoms with Gasteiger partial charge in [-0.25, -0.2) is 4.79 Å². The number of benzene rings is 2. The number of nitrogens with one attached hydrogen (secondary N) is 1. The smallest absolute Gasteiger partial charge is 0.338 e. The van der Waals surface area contributed by atoms with Gasteiger partial charge < -0.3 is 19.5 Å². The quantitative estimate of drug-likeness (QED) is 0.263. The zero-order chi connectivity index (χ0) is 27.2. The molecule has 2 aromatic rings. The van der Waals surface area contributed by atoms with Gasteiger partial charge in [0.25, 0.3) is 0 Å². The Morgan fingerprint density at radius 1 is 1.03 bits per heavy atom. The number of esters is 2. The molecule has 0 unspecified atom stereocenters. The van der Waals surface area contributed by atoms with Gasteiger partial charge in [0, 0.05) is 11.5 Å². The summed E-state index contributed by atoms with van der Waals surface area (Å²) < 4.78 is 17.4. The van der Waals surface area contributed by atoms with E-state index in [0.29, 0.717) is 23.3 Å². The average molecular weight is 534 g/mol. The van der Waals surface area contributed by atoms with Gasteiger partial charge in [-0.3, -0.25) is 4.79 Å². The highest BCUT2D eigenvalue weighted by atomic mass is 16.7. The van der Waals surface area contributed by atoms with Crippen molar-refractivity contribution < 1.29 is 23.8 Å². The van der Waals surface area contributed by atoms with Gasteiger partial charge in [-0.15, -0.1) is 0 Å². The van der Waals surface area contributed by atoms with Gasteiger partial charge in [0.15, 0.2) is 0 Å². The predicted molar refractivity (Wildman–Crippen MR) is 151 cm³/mol. The number of hydrogen-bond donors (Lipinski definition) is 1. The first-order valence-corrected chi connectivity index (χ1v) is 15.0. The van der Waals surface area contributed by atoms with Crippen molar-refractivity contribution >= 4 is 11.9 Å². The first-order valence-electron chi connectivity index (χ1n) is 15.0. The van der Waals surface area contributed by atoms with Gasteiger partial charge in [0.05, 0.1) is 11.5 Å². The molecule has 0 spiro atoms. The van der Waals surface area contributed by atoms with Crippen LogP contribution in [0.2, 0.25) is 0 Å². The van der Waals surface area contributed by atoms with Crippen LogP contribution in [0.3, 0.4) is 0 Å². The van der Waals surface area contributed by atoms with Gasteiger partial charge in [-0.2, -0.15) is 0 Å². The standard InChI is InChI=1S/C33H43NO5/c1-3-10-24(11-4-2)31(35)39-22-38-25-18-27(32(36)37-21-23-12-6-5-7-13-23)26-20-30-28-14-8-9-15-33(28,16-17-34-30)29(26)19-25/h5-7,12-13,18-19,24,28,30,34H,3-4,8-11,14-17,20-22H2,1-2H3/t28-,30+,33+/m0/s1. The number of hydrogen-bond acceptors (Lipinski definition) is 6. The first kappa shape index (κ1) is 27.7. The normalized spacial score (nSPS) is 23.5. The van der Waals surface area contributed by atoms with Gasteiger partial charge >= 0.3 is 11.9 Å². The molecule has 2 bridgehead atoms. The average Bonchev–Trinajstić information content (AvgIpc) is 2.96. The van der Waals surface area contributed by atoms with Crippen molar-refractivity contribution in [2.24, 2.45) is 11.8 Å². The van der Waals surface area contributed by atoms with Crippen molar-refractivity contribution in [1.82, 2.24) is 5.32 Å². The number of ether oxygens (including phenoxy) is 3. The summed E-state index contributed by atoms with van der Waals surface area (Å²) in [5.41, 5.74) is 3.93. The minimum Gasteiger partial charge on any atom is -0.457 e. The van der Waals surface area contributed by atoms with Crippen molar-refractivity contribution in [3.05, 3.63) is 64.7 Å². The molecule has 6 heteroatoms. The molecule has 1 aliphatic heterocycles.